The molecular formula is C34H35F3. The lowest BCUT2D eigenvalue weighted by Crippen LogP contribution is -2.22. The Morgan fingerprint density at radius 3 is 2.00 bits per heavy atom. The molecule has 5 rings (SSSR count). The van der Waals surface area contributed by atoms with Crippen LogP contribution in [0.5, 0.6) is 0 Å². The lowest BCUT2D eigenvalue weighted by Gasteiger charge is -2.34. The Morgan fingerprint density at radius 2 is 1.41 bits per heavy atom. The van der Waals surface area contributed by atoms with Crippen molar-refractivity contribution in [3.8, 4) is 22.3 Å². The number of aryl methyl sites for hydroxylation is 1. The maximum Gasteiger partial charge on any atom is 0.166 e. The maximum atomic E-state index is 15.2. The van der Waals surface area contributed by atoms with E-state index in [-0.39, 0.29) is 11.4 Å². The molecule has 2 aliphatic carbocycles. The summed E-state index contributed by atoms with van der Waals surface area (Å²) in [6.07, 6.45) is 13.3. The van der Waals surface area contributed by atoms with E-state index in [1.807, 2.05) is 12.1 Å². The van der Waals surface area contributed by atoms with Gasteiger partial charge in [0.2, 0.25) is 0 Å². The zero-order valence-corrected chi connectivity index (χ0v) is 21.6. The van der Waals surface area contributed by atoms with Crippen molar-refractivity contribution in [2.45, 2.75) is 58.3 Å². The minimum atomic E-state index is -0.838. The molecule has 1 atom stereocenters. The molecule has 3 aromatic carbocycles. The zero-order valence-electron chi connectivity index (χ0n) is 21.6. The summed E-state index contributed by atoms with van der Waals surface area (Å²) in [6.45, 7) is 5.75. The molecule has 192 valence electrons. The summed E-state index contributed by atoms with van der Waals surface area (Å²) in [6, 6.07) is 15.7. The third-order valence-corrected chi connectivity index (χ3v) is 8.66. The lowest BCUT2D eigenvalue weighted by atomic mass is 9.71. The van der Waals surface area contributed by atoms with E-state index >= 15 is 4.39 Å². The minimum absolute atomic E-state index is 0.216. The van der Waals surface area contributed by atoms with E-state index in [1.165, 1.54) is 37.7 Å². The van der Waals surface area contributed by atoms with Crippen LogP contribution in [0.2, 0.25) is 0 Å². The molecule has 0 aliphatic heterocycles. The maximum absolute atomic E-state index is 15.2. The summed E-state index contributed by atoms with van der Waals surface area (Å²) in [5.74, 6) is 0.351. The van der Waals surface area contributed by atoms with Gasteiger partial charge in [0, 0.05) is 11.1 Å². The van der Waals surface area contributed by atoms with E-state index < -0.39 is 11.6 Å². The first-order valence-corrected chi connectivity index (χ1v) is 13.7. The van der Waals surface area contributed by atoms with Crippen LogP contribution in [0, 0.1) is 35.2 Å². The van der Waals surface area contributed by atoms with E-state index in [4.69, 9.17) is 0 Å². The molecule has 2 aliphatic rings. The van der Waals surface area contributed by atoms with Crippen molar-refractivity contribution >= 4 is 5.57 Å². The number of hydrogen-bond donors (Lipinski definition) is 0. The molecule has 0 amide bonds. The van der Waals surface area contributed by atoms with Crippen LogP contribution in [0.4, 0.5) is 13.2 Å². The quantitative estimate of drug-likeness (QED) is 0.295. The van der Waals surface area contributed by atoms with Gasteiger partial charge in [-0.1, -0.05) is 67.6 Å². The van der Waals surface area contributed by atoms with Crippen LogP contribution in [0.25, 0.3) is 27.8 Å². The first-order chi connectivity index (χ1) is 18.0. The summed E-state index contributed by atoms with van der Waals surface area (Å²) >= 11 is 0. The number of rotatable bonds is 6. The normalized spacial score (nSPS) is 21.9. The van der Waals surface area contributed by atoms with Gasteiger partial charge in [-0.15, -0.1) is 6.58 Å². The van der Waals surface area contributed by atoms with Gasteiger partial charge in [-0.2, -0.15) is 0 Å². The fourth-order valence-electron chi connectivity index (χ4n) is 6.26. The summed E-state index contributed by atoms with van der Waals surface area (Å²) in [7, 11) is 0. The Bertz CT molecular complexity index is 1290. The predicted octanol–water partition coefficient (Wildman–Crippen LogP) is 10.2. The third-order valence-electron chi connectivity index (χ3n) is 8.66. The average Bonchev–Trinajstić information content (AvgIpc) is 2.95. The second kappa shape index (κ2) is 11.1. The van der Waals surface area contributed by atoms with Crippen molar-refractivity contribution in [2.24, 2.45) is 17.8 Å². The van der Waals surface area contributed by atoms with Gasteiger partial charge in [-0.25, -0.2) is 13.2 Å². The highest BCUT2D eigenvalue weighted by Gasteiger charge is 2.28. The monoisotopic (exact) mass is 500 g/mol. The molecule has 1 fully saturated rings. The number of halogens is 3. The van der Waals surface area contributed by atoms with Gasteiger partial charge >= 0.3 is 0 Å². The Kier molecular flexibility index (Phi) is 7.69. The van der Waals surface area contributed by atoms with Crippen molar-refractivity contribution in [3.05, 3.63) is 102 Å². The van der Waals surface area contributed by atoms with Gasteiger partial charge in [-0.05, 0) is 103 Å². The van der Waals surface area contributed by atoms with Crippen LogP contribution in [-0.4, -0.2) is 0 Å². The SMILES string of the molecule is C=CC1CCC(C2CC=C(c3ccc(-c4ccc(-c5ccc(CC)c(F)c5F)cc4)c(F)c3)CC2)CC1. The number of benzene rings is 3. The van der Waals surface area contributed by atoms with Crippen LogP contribution in [0.1, 0.15) is 63.0 Å². The number of hydrogen-bond acceptors (Lipinski definition) is 0. The minimum Gasteiger partial charge on any atom is -0.206 e. The van der Waals surface area contributed by atoms with Crippen molar-refractivity contribution in [2.75, 3.05) is 0 Å². The van der Waals surface area contributed by atoms with Gasteiger partial charge in [0.05, 0.1) is 0 Å². The summed E-state index contributed by atoms with van der Waals surface area (Å²) in [5.41, 5.74) is 4.57. The van der Waals surface area contributed by atoms with Crippen LogP contribution in [-0.2, 0) is 6.42 Å². The van der Waals surface area contributed by atoms with Crippen LogP contribution < -0.4 is 0 Å². The molecule has 37 heavy (non-hydrogen) atoms. The largest absolute Gasteiger partial charge is 0.206 e. The van der Waals surface area contributed by atoms with Crippen molar-refractivity contribution < 1.29 is 13.2 Å². The second-order valence-electron chi connectivity index (χ2n) is 10.7. The molecular weight excluding hydrogens is 465 g/mol. The average molecular weight is 501 g/mol. The molecule has 0 N–H and O–H groups in total. The topological polar surface area (TPSA) is 0 Å². The highest BCUT2D eigenvalue weighted by Crippen LogP contribution is 2.42. The van der Waals surface area contributed by atoms with E-state index in [1.54, 1.807) is 49.4 Å². The molecule has 0 radical (unpaired) electrons. The Labute approximate surface area is 218 Å². The van der Waals surface area contributed by atoms with Crippen molar-refractivity contribution in [1.82, 2.24) is 0 Å². The molecule has 3 aromatic rings. The first-order valence-electron chi connectivity index (χ1n) is 13.7. The molecule has 0 spiro atoms. The summed E-state index contributed by atoms with van der Waals surface area (Å²) in [5, 5.41) is 0. The van der Waals surface area contributed by atoms with Gasteiger partial charge in [0.25, 0.3) is 0 Å². The molecule has 1 saturated carbocycles. The van der Waals surface area contributed by atoms with Gasteiger partial charge in [0.15, 0.2) is 11.6 Å². The summed E-state index contributed by atoms with van der Waals surface area (Å²) in [4.78, 5) is 0. The molecule has 0 aromatic heterocycles. The first kappa shape index (κ1) is 25.6. The standard InChI is InChI=1S/C34H35F3/c1-3-22-5-7-24(8-6-22)25-9-11-26(12-10-25)29-18-19-30(32(35)21-29)27-13-15-28(16-14-27)31-20-17-23(4-2)33(36)34(31)37/h3,11,13-22,24-25H,1,4-10,12H2,2H3. The Hall–Kier alpha value is -3.07. The van der Waals surface area contributed by atoms with Crippen LogP contribution in [0.3, 0.4) is 0 Å². The Balaban J connectivity index is 1.28. The van der Waals surface area contributed by atoms with Crippen LogP contribution in [0.15, 0.2) is 73.3 Å². The van der Waals surface area contributed by atoms with Crippen molar-refractivity contribution in [1.29, 1.82) is 0 Å². The fourth-order valence-corrected chi connectivity index (χ4v) is 6.26. The third kappa shape index (κ3) is 5.32. The van der Waals surface area contributed by atoms with E-state index in [0.717, 1.165) is 30.2 Å². The molecule has 0 nitrogen and oxygen atoms in total. The molecule has 1 unspecified atom stereocenters. The zero-order chi connectivity index (χ0) is 25.9. The molecule has 0 heterocycles. The van der Waals surface area contributed by atoms with Gasteiger partial charge in [-0.3, -0.25) is 0 Å². The van der Waals surface area contributed by atoms with E-state index in [0.29, 0.717) is 34.6 Å². The smallest absolute Gasteiger partial charge is 0.166 e. The van der Waals surface area contributed by atoms with E-state index in [2.05, 4.69) is 18.7 Å². The molecule has 3 heteroatoms. The van der Waals surface area contributed by atoms with Crippen molar-refractivity contribution in [3.63, 3.8) is 0 Å². The highest BCUT2D eigenvalue weighted by atomic mass is 19.2. The Morgan fingerprint density at radius 1 is 0.757 bits per heavy atom. The summed E-state index contributed by atoms with van der Waals surface area (Å²) < 4.78 is 44.0. The number of allylic oxidation sites excluding steroid dienone is 3. The van der Waals surface area contributed by atoms with Gasteiger partial charge in [0.1, 0.15) is 5.82 Å². The van der Waals surface area contributed by atoms with E-state index in [9.17, 15) is 8.78 Å². The molecule has 0 saturated heterocycles. The highest BCUT2D eigenvalue weighted by molar-refractivity contribution is 5.74. The lowest BCUT2D eigenvalue weighted by molar-refractivity contribution is 0.212. The second-order valence-corrected chi connectivity index (χ2v) is 10.7. The van der Waals surface area contributed by atoms with Gasteiger partial charge < -0.3 is 0 Å². The molecule has 0 bridgehead atoms. The van der Waals surface area contributed by atoms with Crippen LogP contribution >= 0.6 is 0 Å². The fraction of sp³-hybridized carbons (Fsp3) is 0.353. The predicted molar refractivity (Wildman–Crippen MR) is 148 cm³/mol.